The zero-order valence-electron chi connectivity index (χ0n) is 10.4. The van der Waals surface area contributed by atoms with E-state index in [1.807, 2.05) is 0 Å². The van der Waals surface area contributed by atoms with Crippen molar-refractivity contribution >= 4 is 0 Å². The Balaban J connectivity index is 2.64. The van der Waals surface area contributed by atoms with Crippen LogP contribution in [-0.4, -0.2) is 11.2 Å². The average Bonchev–Trinajstić information content (AvgIpc) is 2.42. The molecule has 0 aromatic carbocycles. The summed E-state index contributed by atoms with van der Waals surface area (Å²) in [7, 11) is 0. The van der Waals surface area contributed by atoms with Crippen LogP contribution >= 0.6 is 0 Å². The van der Waals surface area contributed by atoms with E-state index in [-0.39, 0.29) is 6.10 Å². The van der Waals surface area contributed by atoms with Crippen molar-refractivity contribution in [2.24, 2.45) is 23.2 Å². The van der Waals surface area contributed by atoms with Gasteiger partial charge in [-0.2, -0.15) is 0 Å². The molecule has 14 heavy (non-hydrogen) atoms. The molecule has 1 heteroatoms. The molecule has 0 heterocycles. The van der Waals surface area contributed by atoms with E-state index < -0.39 is 0 Å². The van der Waals surface area contributed by atoms with Gasteiger partial charge in [-0.3, -0.25) is 0 Å². The molecule has 2 unspecified atom stereocenters. The van der Waals surface area contributed by atoms with Crippen molar-refractivity contribution in [3.63, 3.8) is 0 Å². The Morgan fingerprint density at radius 2 is 1.79 bits per heavy atom. The molecule has 1 aliphatic rings. The lowest BCUT2D eigenvalue weighted by Crippen LogP contribution is -2.36. The summed E-state index contributed by atoms with van der Waals surface area (Å²) < 4.78 is 0. The maximum absolute atomic E-state index is 10.3. The van der Waals surface area contributed by atoms with Gasteiger partial charge >= 0.3 is 0 Å². The van der Waals surface area contributed by atoms with Crippen LogP contribution in [-0.2, 0) is 0 Å². The topological polar surface area (TPSA) is 20.2 Å². The Morgan fingerprint density at radius 1 is 1.21 bits per heavy atom. The van der Waals surface area contributed by atoms with Gasteiger partial charge in [-0.15, -0.1) is 0 Å². The van der Waals surface area contributed by atoms with Crippen LogP contribution in [0.5, 0.6) is 0 Å². The highest BCUT2D eigenvalue weighted by atomic mass is 16.3. The number of aliphatic hydroxyl groups is 1. The van der Waals surface area contributed by atoms with Gasteiger partial charge in [0.15, 0.2) is 0 Å². The molecule has 0 aromatic heterocycles. The molecule has 0 bridgehead atoms. The molecule has 0 saturated heterocycles. The van der Waals surface area contributed by atoms with E-state index in [4.69, 9.17) is 0 Å². The highest BCUT2D eigenvalue weighted by Crippen LogP contribution is 2.46. The average molecular weight is 198 g/mol. The summed E-state index contributed by atoms with van der Waals surface area (Å²) in [5.74, 6) is 1.53. The number of hydrogen-bond acceptors (Lipinski definition) is 1. The quantitative estimate of drug-likeness (QED) is 0.736. The third-order valence-corrected chi connectivity index (χ3v) is 4.34. The summed E-state index contributed by atoms with van der Waals surface area (Å²) >= 11 is 0. The summed E-state index contributed by atoms with van der Waals surface area (Å²) in [6.45, 7) is 11.2. The SMILES string of the molecule is CC(C)[C@@H](C)C(O)C1CCCC1(C)C. The maximum atomic E-state index is 10.3. The van der Waals surface area contributed by atoms with Crippen LogP contribution in [0.25, 0.3) is 0 Å². The zero-order valence-corrected chi connectivity index (χ0v) is 10.4. The number of rotatable bonds is 3. The fourth-order valence-electron chi connectivity index (χ4n) is 2.75. The minimum Gasteiger partial charge on any atom is -0.393 e. The van der Waals surface area contributed by atoms with E-state index in [1.54, 1.807) is 0 Å². The van der Waals surface area contributed by atoms with Gasteiger partial charge in [0.05, 0.1) is 6.10 Å². The molecule has 0 radical (unpaired) electrons. The lowest BCUT2D eigenvalue weighted by atomic mass is 9.73. The summed E-state index contributed by atoms with van der Waals surface area (Å²) in [4.78, 5) is 0. The lowest BCUT2D eigenvalue weighted by molar-refractivity contribution is -0.0000339. The molecule has 1 nitrogen and oxygen atoms in total. The van der Waals surface area contributed by atoms with Gasteiger partial charge in [0, 0.05) is 0 Å². The van der Waals surface area contributed by atoms with E-state index in [0.29, 0.717) is 23.2 Å². The van der Waals surface area contributed by atoms with Crippen LogP contribution in [0.3, 0.4) is 0 Å². The van der Waals surface area contributed by atoms with Gasteiger partial charge in [-0.1, -0.05) is 41.0 Å². The first-order chi connectivity index (χ1) is 6.36. The van der Waals surface area contributed by atoms with Gasteiger partial charge in [0.2, 0.25) is 0 Å². The lowest BCUT2D eigenvalue weighted by Gasteiger charge is -2.35. The highest BCUT2D eigenvalue weighted by molar-refractivity contribution is 4.91. The summed E-state index contributed by atoms with van der Waals surface area (Å²) in [6, 6.07) is 0. The first kappa shape index (κ1) is 12.0. The largest absolute Gasteiger partial charge is 0.393 e. The van der Waals surface area contributed by atoms with Crippen molar-refractivity contribution in [2.45, 2.75) is 60.0 Å². The van der Waals surface area contributed by atoms with Gasteiger partial charge < -0.3 is 5.11 Å². The number of aliphatic hydroxyl groups excluding tert-OH is 1. The Bertz CT molecular complexity index is 184. The van der Waals surface area contributed by atoms with E-state index in [1.165, 1.54) is 19.3 Å². The van der Waals surface area contributed by atoms with Crippen LogP contribution < -0.4 is 0 Å². The van der Waals surface area contributed by atoms with Crippen molar-refractivity contribution < 1.29 is 5.11 Å². The van der Waals surface area contributed by atoms with Crippen LogP contribution in [0.2, 0.25) is 0 Å². The molecule has 0 aliphatic heterocycles. The molecule has 0 amide bonds. The summed E-state index contributed by atoms with van der Waals surface area (Å²) in [6.07, 6.45) is 3.68. The minimum absolute atomic E-state index is 0.104. The van der Waals surface area contributed by atoms with Crippen molar-refractivity contribution in [2.75, 3.05) is 0 Å². The van der Waals surface area contributed by atoms with E-state index in [0.717, 1.165) is 0 Å². The summed E-state index contributed by atoms with van der Waals surface area (Å²) in [5, 5.41) is 10.3. The van der Waals surface area contributed by atoms with Crippen molar-refractivity contribution in [1.29, 1.82) is 0 Å². The van der Waals surface area contributed by atoms with Gasteiger partial charge in [0.25, 0.3) is 0 Å². The van der Waals surface area contributed by atoms with Crippen LogP contribution in [0.1, 0.15) is 53.9 Å². The first-order valence-electron chi connectivity index (χ1n) is 6.04. The second-order valence-electron chi connectivity index (χ2n) is 6.08. The normalized spacial score (nSPS) is 30.6. The van der Waals surface area contributed by atoms with Crippen LogP contribution in [0, 0.1) is 23.2 Å². The van der Waals surface area contributed by atoms with E-state index in [2.05, 4.69) is 34.6 Å². The molecule has 1 saturated carbocycles. The second kappa shape index (κ2) is 4.22. The minimum atomic E-state index is -0.104. The molecular weight excluding hydrogens is 172 g/mol. The second-order valence-corrected chi connectivity index (χ2v) is 6.08. The maximum Gasteiger partial charge on any atom is 0.0601 e. The van der Waals surface area contributed by atoms with Gasteiger partial charge in [-0.25, -0.2) is 0 Å². The molecule has 1 rings (SSSR count). The molecule has 84 valence electrons. The van der Waals surface area contributed by atoms with Crippen molar-refractivity contribution in [3.8, 4) is 0 Å². The summed E-state index contributed by atoms with van der Waals surface area (Å²) in [5.41, 5.74) is 0.350. The monoisotopic (exact) mass is 198 g/mol. The Morgan fingerprint density at radius 3 is 2.14 bits per heavy atom. The Hall–Kier alpha value is -0.0400. The fourth-order valence-corrected chi connectivity index (χ4v) is 2.75. The van der Waals surface area contributed by atoms with Crippen LogP contribution in [0.15, 0.2) is 0 Å². The van der Waals surface area contributed by atoms with E-state index in [9.17, 15) is 5.11 Å². The molecule has 0 spiro atoms. The fraction of sp³-hybridized carbons (Fsp3) is 1.00. The standard InChI is InChI=1S/C13H26O/c1-9(2)10(3)12(14)11-7-6-8-13(11,4)5/h9-12,14H,6-8H2,1-5H3/t10-,11?,12?/m1/s1. The van der Waals surface area contributed by atoms with Gasteiger partial charge in [0.1, 0.15) is 0 Å². The van der Waals surface area contributed by atoms with Crippen molar-refractivity contribution in [1.82, 2.24) is 0 Å². The molecule has 1 fully saturated rings. The third-order valence-electron chi connectivity index (χ3n) is 4.34. The molecular formula is C13H26O. The smallest absolute Gasteiger partial charge is 0.0601 e. The van der Waals surface area contributed by atoms with E-state index >= 15 is 0 Å². The molecule has 3 atom stereocenters. The predicted molar refractivity (Wildman–Crippen MR) is 61.1 cm³/mol. The number of hydrogen-bond donors (Lipinski definition) is 1. The molecule has 1 N–H and O–H groups in total. The zero-order chi connectivity index (χ0) is 10.9. The molecule has 1 aliphatic carbocycles. The Labute approximate surface area is 88.9 Å². The van der Waals surface area contributed by atoms with Crippen LogP contribution in [0.4, 0.5) is 0 Å². The molecule has 0 aromatic rings. The highest BCUT2D eigenvalue weighted by Gasteiger charge is 2.41. The Kier molecular flexibility index (Phi) is 3.63. The van der Waals surface area contributed by atoms with Crippen molar-refractivity contribution in [3.05, 3.63) is 0 Å². The predicted octanol–water partition coefficient (Wildman–Crippen LogP) is 3.47. The third kappa shape index (κ3) is 2.31. The van der Waals surface area contributed by atoms with Gasteiger partial charge in [-0.05, 0) is 36.0 Å². The first-order valence-corrected chi connectivity index (χ1v) is 6.04.